The van der Waals surface area contributed by atoms with E-state index in [2.05, 4.69) is 15.3 Å². The molecule has 1 aromatic heterocycles. The molecule has 2 rings (SSSR count). The van der Waals surface area contributed by atoms with E-state index in [1.807, 2.05) is 18.9 Å². The molecule has 1 aliphatic rings. The Kier molecular flexibility index (Phi) is 4.16. The Balaban J connectivity index is 2.11. The monoisotopic (exact) mass is 265 g/mol. The predicted molar refractivity (Wildman–Crippen MR) is 72.1 cm³/mol. The van der Waals surface area contributed by atoms with Crippen molar-refractivity contribution in [2.75, 3.05) is 43.5 Å². The quantitative estimate of drug-likeness (QED) is 0.767. The van der Waals surface area contributed by atoms with Gasteiger partial charge in [0.15, 0.2) is 0 Å². The molecule has 104 valence electrons. The molecule has 0 spiro atoms. The summed E-state index contributed by atoms with van der Waals surface area (Å²) in [5.41, 5.74) is 0. The van der Waals surface area contributed by atoms with Crippen LogP contribution >= 0.6 is 0 Å². The zero-order valence-electron chi connectivity index (χ0n) is 11.2. The van der Waals surface area contributed by atoms with E-state index >= 15 is 0 Å². The molecule has 1 aromatic rings. The highest BCUT2D eigenvalue weighted by atomic mass is 16.3. The maximum absolute atomic E-state index is 11.8. The van der Waals surface area contributed by atoms with Gasteiger partial charge in [0.05, 0.1) is 13.2 Å². The number of piperazine rings is 1. The Morgan fingerprint density at radius 2 is 2.32 bits per heavy atom. The summed E-state index contributed by atoms with van der Waals surface area (Å²) in [5, 5.41) is 11.8. The van der Waals surface area contributed by atoms with Crippen molar-refractivity contribution in [2.24, 2.45) is 0 Å². The van der Waals surface area contributed by atoms with Crippen LogP contribution in [0.5, 0.6) is 0 Å². The molecule has 0 bridgehead atoms. The highest BCUT2D eigenvalue weighted by molar-refractivity contribution is 5.82. The predicted octanol–water partition coefficient (Wildman–Crippen LogP) is -0.452. The Morgan fingerprint density at radius 3 is 3.00 bits per heavy atom. The van der Waals surface area contributed by atoms with Crippen molar-refractivity contribution >= 4 is 17.5 Å². The van der Waals surface area contributed by atoms with E-state index in [1.165, 1.54) is 6.33 Å². The highest BCUT2D eigenvalue weighted by Gasteiger charge is 2.27. The number of aromatic nitrogens is 2. The van der Waals surface area contributed by atoms with Gasteiger partial charge in [-0.1, -0.05) is 0 Å². The van der Waals surface area contributed by atoms with Crippen molar-refractivity contribution in [2.45, 2.75) is 13.0 Å². The molecule has 2 heterocycles. The van der Waals surface area contributed by atoms with Gasteiger partial charge in [-0.25, -0.2) is 9.97 Å². The summed E-state index contributed by atoms with van der Waals surface area (Å²) in [5.74, 6) is 1.46. The van der Waals surface area contributed by atoms with Gasteiger partial charge in [-0.3, -0.25) is 4.79 Å². The maximum atomic E-state index is 11.8. The van der Waals surface area contributed by atoms with E-state index in [4.69, 9.17) is 5.11 Å². The van der Waals surface area contributed by atoms with Crippen molar-refractivity contribution in [3.63, 3.8) is 0 Å². The topological polar surface area (TPSA) is 81.6 Å². The number of carbonyl (C=O) groups is 1. The first-order chi connectivity index (χ1) is 9.11. The van der Waals surface area contributed by atoms with Gasteiger partial charge in [0.1, 0.15) is 18.0 Å². The lowest BCUT2D eigenvalue weighted by Gasteiger charge is -2.37. The molecule has 0 aliphatic carbocycles. The molecular weight excluding hydrogens is 246 g/mol. The molecule has 0 aromatic carbocycles. The minimum absolute atomic E-state index is 0.0450. The largest absolute Gasteiger partial charge is 0.395 e. The second-order valence-corrected chi connectivity index (χ2v) is 4.65. The number of aliphatic hydroxyl groups is 1. The second kappa shape index (κ2) is 5.83. The van der Waals surface area contributed by atoms with Crippen molar-refractivity contribution < 1.29 is 9.90 Å². The summed E-state index contributed by atoms with van der Waals surface area (Å²) < 4.78 is 0. The fraction of sp³-hybridized carbons (Fsp3) is 0.583. The lowest BCUT2D eigenvalue weighted by Crippen LogP contribution is -2.53. The van der Waals surface area contributed by atoms with Gasteiger partial charge < -0.3 is 20.2 Å². The number of nitrogens with zero attached hydrogens (tertiary/aromatic N) is 4. The van der Waals surface area contributed by atoms with Crippen LogP contribution in [0.1, 0.15) is 6.92 Å². The third-order valence-electron chi connectivity index (χ3n) is 3.26. The average molecular weight is 265 g/mol. The Bertz CT molecular complexity index is 454. The first kappa shape index (κ1) is 13.5. The smallest absolute Gasteiger partial charge is 0.242 e. The average Bonchev–Trinajstić information content (AvgIpc) is 2.42. The van der Waals surface area contributed by atoms with E-state index < -0.39 is 0 Å². The van der Waals surface area contributed by atoms with E-state index in [1.54, 1.807) is 11.0 Å². The van der Waals surface area contributed by atoms with Crippen LogP contribution in [0.4, 0.5) is 11.6 Å². The van der Waals surface area contributed by atoms with E-state index in [0.29, 0.717) is 18.9 Å². The first-order valence-electron chi connectivity index (χ1n) is 6.29. The van der Waals surface area contributed by atoms with Crippen molar-refractivity contribution in [3.05, 3.63) is 12.4 Å². The van der Waals surface area contributed by atoms with Gasteiger partial charge in [-0.2, -0.15) is 0 Å². The van der Waals surface area contributed by atoms with Crippen molar-refractivity contribution in [3.8, 4) is 0 Å². The van der Waals surface area contributed by atoms with Gasteiger partial charge >= 0.3 is 0 Å². The molecule has 0 unspecified atom stereocenters. The minimum atomic E-state index is 0.0450. The van der Waals surface area contributed by atoms with Gasteiger partial charge in [-0.05, 0) is 6.92 Å². The maximum Gasteiger partial charge on any atom is 0.242 e. The Hall–Kier alpha value is -1.89. The molecule has 1 saturated heterocycles. The third kappa shape index (κ3) is 3.11. The molecule has 2 N–H and O–H groups in total. The number of hydrogen-bond acceptors (Lipinski definition) is 6. The van der Waals surface area contributed by atoms with Crippen LogP contribution in [-0.4, -0.2) is 65.2 Å². The van der Waals surface area contributed by atoms with Crippen LogP contribution in [0.15, 0.2) is 12.4 Å². The summed E-state index contributed by atoms with van der Waals surface area (Å²) in [6.45, 7) is 3.57. The zero-order chi connectivity index (χ0) is 13.8. The summed E-state index contributed by atoms with van der Waals surface area (Å²) >= 11 is 0. The minimum Gasteiger partial charge on any atom is -0.395 e. The molecule has 7 nitrogen and oxygen atoms in total. The first-order valence-corrected chi connectivity index (χ1v) is 6.29. The summed E-state index contributed by atoms with van der Waals surface area (Å²) in [6, 6.07) is 1.95. The number of amides is 1. The molecule has 19 heavy (non-hydrogen) atoms. The molecule has 0 radical (unpaired) electrons. The summed E-state index contributed by atoms with van der Waals surface area (Å²) in [6.07, 6.45) is 1.46. The molecule has 1 fully saturated rings. The standard InChI is InChI=1S/C12H19N5O2/c1-9-6-17(7-12(19)16(9)2)11-5-10(13-3-4-18)14-8-15-11/h5,8-9,18H,3-4,6-7H2,1-2H3,(H,13,14,15)/t9-/m0/s1. The van der Waals surface area contributed by atoms with E-state index in [9.17, 15) is 4.79 Å². The van der Waals surface area contributed by atoms with Crippen molar-refractivity contribution in [1.29, 1.82) is 0 Å². The lowest BCUT2D eigenvalue weighted by atomic mass is 10.2. The molecule has 1 aliphatic heterocycles. The van der Waals surface area contributed by atoms with Crippen LogP contribution in [0.3, 0.4) is 0 Å². The fourth-order valence-electron chi connectivity index (χ4n) is 2.00. The zero-order valence-corrected chi connectivity index (χ0v) is 11.2. The van der Waals surface area contributed by atoms with Crippen LogP contribution < -0.4 is 10.2 Å². The van der Waals surface area contributed by atoms with Crippen LogP contribution in [0, 0.1) is 0 Å². The number of likely N-dealkylation sites (N-methyl/N-ethyl adjacent to an activating group) is 1. The van der Waals surface area contributed by atoms with E-state index in [0.717, 1.165) is 12.4 Å². The normalized spacial score (nSPS) is 19.7. The number of nitrogens with one attached hydrogen (secondary N) is 1. The fourth-order valence-corrected chi connectivity index (χ4v) is 2.00. The second-order valence-electron chi connectivity index (χ2n) is 4.65. The summed E-state index contributed by atoms with van der Waals surface area (Å²) in [4.78, 5) is 23.8. The number of anilines is 2. The van der Waals surface area contributed by atoms with Crippen molar-refractivity contribution in [1.82, 2.24) is 14.9 Å². The molecule has 1 atom stereocenters. The van der Waals surface area contributed by atoms with Gasteiger partial charge in [0, 0.05) is 32.2 Å². The molecule has 0 saturated carbocycles. The number of hydrogen-bond donors (Lipinski definition) is 2. The molecular formula is C12H19N5O2. The van der Waals surface area contributed by atoms with E-state index in [-0.39, 0.29) is 18.6 Å². The highest BCUT2D eigenvalue weighted by Crippen LogP contribution is 2.18. The molecule has 1 amide bonds. The van der Waals surface area contributed by atoms with Gasteiger partial charge in [-0.15, -0.1) is 0 Å². The third-order valence-corrected chi connectivity index (χ3v) is 3.26. The number of carbonyl (C=O) groups excluding carboxylic acids is 1. The Morgan fingerprint density at radius 1 is 1.53 bits per heavy atom. The van der Waals surface area contributed by atoms with Crippen LogP contribution in [-0.2, 0) is 4.79 Å². The van der Waals surface area contributed by atoms with Gasteiger partial charge in [0.2, 0.25) is 5.91 Å². The van der Waals surface area contributed by atoms with Crippen LogP contribution in [0.2, 0.25) is 0 Å². The lowest BCUT2D eigenvalue weighted by molar-refractivity contribution is -0.131. The Labute approximate surface area is 112 Å². The number of aliphatic hydroxyl groups excluding tert-OH is 1. The SMILES string of the molecule is C[C@H]1CN(c2cc(NCCO)ncn2)CC(=O)N1C. The number of rotatable bonds is 4. The van der Waals surface area contributed by atoms with Gasteiger partial charge in [0.25, 0.3) is 0 Å². The summed E-state index contributed by atoms with van der Waals surface area (Å²) in [7, 11) is 1.82. The molecule has 7 heteroatoms. The van der Waals surface area contributed by atoms with Crippen LogP contribution in [0.25, 0.3) is 0 Å².